The minimum atomic E-state index is -0.268. The molecule has 0 aliphatic carbocycles. The van der Waals surface area contributed by atoms with Gasteiger partial charge in [0.25, 0.3) is 5.17 Å². The molecule has 0 spiro atoms. The summed E-state index contributed by atoms with van der Waals surface area (Å²) in [5.74, 6) is 0. The van der Waals surface area contributed by atoms with E-state index >= 15 is 0 Å². The van der Waals surface area contributed by atoms with Crippen LogP contribution in [0.3, 0.4) is 0 Å². The molecule has 18 heavy (non-hydrogen) atoms. The second-order valence-electron chi connectivity index (χ2n) is 5.04. The third-order valence-electron chi connectivity index (χ3n) is 2.20. The van der Waals surface area contributed by atoms with Gasteiger partial charge < -0.3 is 10.1 Å². The van der Waals surface area contributed by atoms with Gasteiger partial charge in [-0.15, -0.1) is 0 Å². The van der Waals surface area contributed by atoms with Crippen LogP contribution in [0.25, 0.3) is 0 Å². The standard InChI is InChI=1S/C14H19NO2S/c1-14(2,3)17-13(18)15-9-8-11-4-6-12(10-16)7-5-11/h4-7,10H,8-9H2,1-3H3,(H,15,18). The van der Waals surface area contributed by atoms with Crippen molar-refractivity contribution < 1.29 is 9.53 Å². The van der Waals surface area contributed by atoms with Crippen molar-refractivity contribution in [3.8, 4) is 0 Å². The number of carbonyl (C=O) groups excluding carboxylic acids is 1. The van der Waals surface area contributed by atoms with Crippen LogP contribution in [-0.2, 0) is 11.2 Å². The van der Waals surface area contributed by atoms with Crippen LogP contribution in [0.5, 0.6) is 0 Å². The first-order valence-corrected chi connectivity index (χ1v) is 6.32. The second-order valence-corrected chi connectivity index (χ2v) is 5.41. The Bertz CT molecular complexity index is 407. The minimum absolute atomic E-state index is 0.268. The number of benzene rings is 1. The molecule has 3 nitrogen and oxygen atoms in total. The molecule has 1 rings (SSSR count). The Kier molecular flexibility index (Phi) is 5.28. The highest BCUT2D eigenvalue weighted by Gasteiger charge is 2.12. The predicted octanol–water partition coefficient (Wildman–Crippen LogP) is 2.73. The van der Waals surface area contributed by atoms with Gasteiger partial charge in [0.1, 0.15) is 11.9 Å². The largest absolute Gasteiger partial charge is 0.465 e. The molecule has 0 amide bonds. The third-order valence-corrected chi connectivity index (χ3v) is 2.43. The number of ether oxygens (including phenoxy) is 1. The molecule has 1 aromatic rings. The van der Waals surface area contributed by atoms with Crippen molar-refractivity contribution in [3.05, 3.63) is 35.4 Å². The highest BCUT2D eigenvalue weighted by Crippen LogP contribution is 2.07. The van der Waals surface area contributed by atoms with Gasteiger partial charge >= 0.3 is 0 Å². The fraction of sp³-hybridized carbons (Fsp3) is 0.429. The highest BCUT2D eigenvalue weighted by molar-refractivity contribution is 7.80. The van der Waals surface area contributed by atoms with Crippen LogP contribution in [0, 0.1) is 0 Å². The number of thiocarbonyl (C=S) groups is 1. The number of rotatable bonds is 4. The summed E-state index contributed by atoms with van der Waals surface area (Å²) >= 11 is 5.08. The van der Waals surface area contributed by atoms with Gasteiger partial charge in [-0.3, -0.25) is 4.79 Å². The van der Waals surface area contributed by atoms with Crippen molar-refractivity contribution in [2.45, 2.75) is 32.8 Å². The summed E-state index contributed by atoms with van der Waals surface area (Å²) in [7, 11) is 0. The zero-order valence-electron chi connectivity index (χ0n) is 11.0. The molecule has 98 valence electrons. The van der Waals surface area contributed by atoms with Crippen molar-refractivity contribution in [3.63, 3.8) is 0 Å². The summed E-state index contributed by atoms with van der Waals surface area (Å²) in [6.07, 6.45) is 1.68. The molecule has 4 heteroatoms. The van der Waals surface area contributed by atoms with Crippen LogP contribution < -0.4 is 5.32 Å². The summed E-state index contributed by atoms with van der Waals surface area (Å²) < 4.78 is 5.49. The van der Waals surface area contributed by atoms with E-state index in [0.717, 1.165) is 24.8 Å². The third kappa shape index (κ3) is 5.77. The number of nitrogens with one attached hydrogen (secondary N) is 1. The Labute approximate surface area is 114 Å². The first-order valence-electron chi connectivity index (χ1n) is 5.92. The summed E-state index contributed by atoms with van der Waals surface area (Å²) in [4.78, 5) is 10.5. The Morgan fingerprint density at radius 1 is 1.33 bits per heavy atom. The molecule has 0 aromatic heterocycles. The SMILES string of the molecule is CC(C)(C)OC(=S)NCCc1ccc(C=O)cc1. The number of hydrogen-bond acceptors (Lipinski definition) is 3. The fourth-order valence-corrected chi connectivity index (χ4v) is 1.74. The summed E-state index contributed by atoms with van der Waals surface area (Å²) in [6.45, 7) is 6.59. The van der Waals surface area contributed by atoms with Gasteiger partial charge in [0.15, 0.2) is 0 Å². The van der Waals surface area contributed by atoms with E-state index in [1.165, 1.54) is 0 Å². The molecule has 1 N–H and O–H groups in total. The van der Waals surface area contributed by atoms with Gasteiger partial charge in [0, 0.05) is 12.1 Å². The lowest BCUT2D eigenvalue weighted by atomic mass is 10.1. The van der Waals surface area contributed by atoms with E-state index in [0.29, 0.717) is 10.7 Å². The van der Waals surface area contributed by atoms with Gasteiger partial charge in [-0.1, -0.05) is 24.3 Å². The van der Waals surface area contributed by atoms with Gasteiger partial charge in [-0.25, -0.2) is 0 Å². The van der Waals surface area contributed by atoms with Gasteiger partial charge in [0.05, 0.1) is 0 Å². The molecule has 0 aliphatic rings. The average molecular weight is 265 g/mol. The average Bonchev–Trinajstić information content (AvgIpc) is 2.27. The van der Waals surface area contributed by atoms with Crippen molar-refractivity contribution >= 4 is 23.7 Å². The first-order chi connectivity index (χ1) is 8.40. The molecule has 0 fully saturated rings. The lowest BCUT2D eigenvalue weighted by Gasteiger charge is -2.21. The molecule has 0 aliphatic heterocycles. The normalized spacial score (nSPS) is 10.8. The lowest BCUT2D eigenvalue weighted by Crippen LogP contribution is -2.33. The maximum Gasteiger partial charge on any atom is 0.257 e. The van der Waals surface area contributed by atoms with E-state index in [-0.39, 0.29) is 5.60 Å². The van der Waals surface area contributed by atoms with Crippen LogP contribution in [0.2, 0.25) is 0 Å². The molecular formula is C14H19NO2S. The minimum Gasteiger partial charge on any atom is -0.465 e. The van der Waals surface area contributed by atoms with Crippen LogP contribution in [0.15, 0.2) is 24.3 Å². The molecule has 0 atom stereocenters. The smallest absolute Gasteiger partial charge is 0.257 e. The monoisotopic (exact) mass is 265 g/mol. The van der Waals surface area contributed by atoms with E-state index in [9.17, 15) is 4.79 Å². The predicted molar refractivity (Wildman–Crippen MR) is 77.0 cm³/mol. The van der Waals surface area contributed by atoms with Crippen LogP contribution in [-0.4, -0.2) is 23.6 Å². The molecule has 1 aromatic carbocycles. The Morgan fingerprint density at radius 2 is 1.94 bits per heavy atom. The lowest BCUT2D eigenvalue weighted by molar-refractivity contribution is 0.112. The quantitative estimate of drug-likeness (QED) is 0.671. The van der Waals surface area contributed by atoms with Crippen molar-refractivity contribution in [1.82, 2.24) is 5.32 Å². The van der Waals surface area contributed by atoms with E-state index in [4.69, 9.17) is 17.0 Å². The zero-order valence-corrected chi connectivity index (χ0v) is 11.8. The van der Waals surface area contributed by atoms with Crippen molar-refractivity contribution in [1.29, 1.82) is 0 Å². The maximum atomic E-state index is 10.5. The number of aldehydes is 1. The zero-order chi connectivity index (χ0) is 13.6. The molecule has 0 saturated heterocycles. The number of hydrogen-bond donors (Lipinski definition) is 1. The van der Waals surface area contributed by atoms with Crippen molar-refractivity contribution in [2.75, 3.05) is 6.54 Å². The Morgan fingerprint density at radius 3 is 2.44 bits per heavy atom. The Balaban J connectivity index is 2.33. The second kappa shape index (κ2) is 6.50. The van der Waals surface area contributed by atoms with Gasteiger partial charge in [0.2, 0.25) is 0 Å². The topological polar surface area (TPSA) is 38.3 Å². The van der Waals surface area contributed by atoms with E-state index < -0.39 is 0 Å². The molecule has 0 unspecified atom stereocenters. The molecule has 0 radical (unpaired) electrons. The van der Waals surface area contributed by atoms with Crippen LogP contribution in [0.1, 0.15) is 36.7 Å². The summed E-state index contributed by atoms with van der Waals surface area (Å²) in [5.41, 5.74) is 1.58. The van der Waals surface area contributed by atoms with E-state index in [1.54, 1.807) is 0 Å². The van der Waals surface area contributed by atoms with Crippen LogP contribution >= 0.6 is 12.2 Å². The molecule has 0 bridgehead atoms. The molecule has 0 heterocycles. The van der Waals surface area contributed by atoms with E-state index in [1.807, 2.05) is 45.0 Å². The van der Waals surface area contributed by atoms with Crippen LogP contribution in [0.4, 0.5) is 0 Å². The maximum absolute atomic E-state index is 10.5. The Hall–Kier alpha value is -1.42. The highest BCUT2D eigenvalue weighted by atomic mass is 32.1. The van der Waals surface area contributed by atoms with Gasteiger partial charge in [-0.2, -0.15) is 0 Å². The van der Waals surface area contributed by atoms with Crippen molar-refractivity contribution in [2.24, 2.45) is 0 Å². The molecular weight excluding hydrogens is 246 g/mol. The number of carbonyl (C=O) groups is 1. The van der Waals surface area contributed by atoms with E-state index in [2.05, 4.69) is 5.32 Å². The fourth-order valence-electron chi connectivity index (χ4n) is 1.39. The first kappa shape index (κ1) is 14.6. The summed E-state index contributed by atoms with van der Waals surface area (Å²) in [5, 5.41) is 3.48. The summed E-state index contributed by atoms with van der Waals surface area (Å²) in [6, 6.07) is 7.51. The molecule has 0 saturated carbocycles. The van der Waals surface area contributed by atoms with Gasteiger partial charge in [-0.05, 0) is 45.0 Å².